The van der Waals surface area contributed by atoms with Crippen LogP contribution in [0.5, 0.6) is 0 Å². The van der Waals surface area contributed by atoms with Crippen molar-refractivity contribution in [2.45, 2.75) is 12.8 Å². The Morgan fingerprint density at radius 3 is 2.46 bits per heavy atom. The van der Waals surface area contributed by atoms with Crippen LogP contribution in [0.1, 0.15) is 12.8 Å². The van der Waals surface area contributed by atoms with Crippen molar-refractivity contribution in [3.8, 4) is 0 Å². The second-order valence-electron chi connectivity index (χ2n) is 5.45. The van der Waals surface area contributed by atoms with Crippen LogP contribution in [0.2, 0.25) is 0 Å². The molecule has 0 heterocycles. The van der Waals surface area contributed by atoms with Gasteiger partial charge >= 0.3 is 0 Å². The van der Waals surface area contributed by atoms with Crippen molar-refractivity contribution < 1.29 is 14.5 Å². The number of carbonyl (C=O) groups excluding carboxylic acids is 2. The lowest BCUT2D eigenvalue weighted by atomic mass is 9.81. The standard InChI is InChI=1S/C17H19N3O4/c1-2-11-18-16(21)12-7-3-4-8-13(12)17(22)19-14-9-5-6-10-15(14)20(23)24/h2-6,9-10,12-13H,1,7-8,11H2,(H,18,21)(H,19,22)/t12-,13+/m0/s1. The van der Waals surface area contributed by atoms with Gasteiger partial charge in [0.15, 0.2) is 0 Å². The summed E-state index contributed by atoms with van der Waals surface area (Å²) in [6.45, 7) is 3.87. The van der Waals surface area contributed by atoms with Crippen molar-refractivity contribution >= 4 is 23.2 Å². The SMILES string of the molecule is C=CCNC(=O)[C@H]1CC=CC[C@H]1C(=O)Nc1ccccc1[N+](=O)[O-]. The number of hydrogen-bond donors (Lipinski definition) is 2. The van der Waals surface area contributed by atoms with Crippen LogP contribution in [0.15, 0.2) is 49.1 Å². The summed E-state index contributed by atoms with van der Waals surface area (Å²) in [5.41, 5.74) is -0.0443. The lowest BCUT2D eigenvalue weighted by Gasteiger charge is -2.26. The van der Waals surface area contributed by atoms with Gasteiger partial charge in [-0.05, 0) is 18.9 Å². The third kappa shape index (κ3) is 4.07. The Bertz CT molecular complexity index is 684. The van der Waals surface area contributed by atoms with Gasteiger partial charge in [-0.25, -0.2) is 0 Å². The monoisotopic (exact) mass is 329 g/mol. The van der Waals surface area contributed by atoms with Crippen LogP contribution in [0.4, 0.5) is 11.4 Å². The fourth-order valence-corrected chi connectivity index (χ4v) is 2.66. The van der Waals surface area contributed by atoms with Gasteiger partial charge in [0.25, 0.3) is 5.69 Å². The van der Waals surface area contributed by atoms with Crippen LogP contribution in [-0.2, 0) is 9.59 Å². The number of hydrogen-bond acceptors (Lipinski definition) is 4. The molecular formula is C17H19N3O4. The Morgan fingerprint density at radius 2 is 1.83 bits per heavy atom. The number of para-hydroxylation sites is 2. The highest BCUT2D eigenvalue weighted by molar-refractivity contribution is 5.97. The average Bonchev–Trinajstić information content (AvgIpc) is 2.59. The maximum absolute atomic E-state index is 12.6. The van der Waals surface area contributed by atoms with Gasteiger partial charge in [-0.1, -0.05) is 30.4 Å². The number of allylic oxidation sites excluding steroid dienone is 2. The molecule has 1 aromatic rings. The first kappa shape index (κ1) is 17.4. The predicted octanol–water partition coefficient (Wildman–Crippen LogP) is 2.42. The number of benzene rings is 1. The van der Waals surface area contributed by atoms with Gasteiger partial charge in [-0.15, -0.1) is 6.58 Å². The quantitative estimate of drug-likeness (QED) is 0.475. The van der Waals surface area contributed by atoms with Crippen LogP contribution in [-0.4, -0.2) is 23.3 Å². The number of carbonyl (C=O) groups is 2. The highest BCUT2D eigenvalue weighted by atomic mass is 16.6. The van der Waals surface area contributed by atoms with E-state index in [1.54, 1.807) is 12.1 Å². The summed E-state index contributed by atoms with van der Waals surface area (Å²) < 4.78 is 0. The molecule has 1 aliphatic rings. The molecule has 0 fully saturated rings. The summed E-state index contributed by atoms with van der Waals surface area (Å²) in [7, 11) is 0. The molecule has 2 rings (SSSR count). The normalized spacial score (nSPS) is 19.3. The number of anilines is 1. The second-order valence-corrected chi connectivity index (χ2v) is 5.45. The van der Waals surface area contributed by atoms with E-state index in [9.17, 15) is 19.7 Å². The first-order chi connectivity index (χ1) is 11.5. The Hall–Kier alpha value is -2.96. The van der Waals surface area contributed by atoms with Crippen molar-refractivity contribution in [3.63, 3.8) is 0 Å². The van der Waals surface area contributed by atoms with Gasteiger partial charge in [-0.3, -0.25) is 19.7 Å². The number of nitro benzene ring substituents is 1. The van der Waals surface area contributed by atoms with Crippen LogP contribution in [0, 0.1) is 22.0 Å². The van der Waals surface area contributed by atoms with Crippen molar-refractivity contribution in [1.82, 2.24) is 5.32 Å². The van der Waals surface area contributed by atoms with E-state index >= 15 is 0 Å². The number of amides is 2. The molecule has 2 N–H and O–H groups in total. The van der Waals surface area contributed by atoms with E-state index in [0.717, 1.165) is 0 Å². The Labute approximate surface area is 139 Å². The van der Waals surface area contributed by atoms with Gasteiger partial charge in [0.1, 0.15) is 5.69 Å². The summed E-state index contributed by atoms with van der Waals surface area (Å²) in [5.74, 6) is -1.69. The Balaban J connectivity index is 2.15. The van der Waals surface area contributed by atoms with Gasteiger partial charge in [0.05, 0.1) is 16.8 Å². The molecule has 0 spiro atoms. The molecule has 0 unspecified atom stereocenters. The highest BCUT2D eigenvalue weighted by Crippen LogP contribution is 2.29. The smallest absolute Gasteiger partial charge is 0.292 e. The van der Waals surface area contributed by atoms with Crippen LogP contribution >= 0.6 is 0 Å². The van der Waals surface area contributed by atoms with Crippen LogP contribution in [0.25, 0.3) is 0 Å². The maximum Gasteiger partial charge on any atom is 0.292 e. The molecule has 1 aliphatic carbocycles. The Kier molecular flexibility index (Phi) is 5.83. The predicted molar refractivity (Wildman–Crippen MR) is 90.3 cm³/mol. The van der Waals surface area contributed by atoms with E-state index in [4.69, 9.17) is 0 Å². The molecule has 0 aliphatic heterocycles. The molecular weight excluding hydrogens is 310 g/mol. The summed E-state index contributed by atoms with van der Waals surface area (Å²) in [6.07, 6.45) is 6.16. The van der Waals surface area contributed by atoms with Crippen molar-refractivity contribution in [2.75, 3.05) is 11.9 Å². The average molecular weight is 329 g/mol. The largest absolute Gasteiger partial charge is 0.352 e. The zero-order valence-electron chi connectivity index (χ0n) is 13.1. The lowest BCUT2D eigenvalue weighted by molar-refractivity contribution is -0.383. The minimum atomic E-state index is -0.570. The number of nitrogens with one attached hydrogen (secondary N) is 2. The zero-order valence-corrected chi connectivity index (χ0v) is 13.1. The van der Waals surface area contributed by atoms with E-state index < -0.39 is 22.7 Å². The molecule has 1 aromatic carbocycles. The molecule has 2 atom stereocenters. The van der Waals surface area contributed by atoms with Gasteiger partial charge in [0.2, 0.25) is 11.8 Å². The molecule has 0 saturated heterocycles. The topological polar surface area (TPSA) is 101 Å². The van der Waals surface area contributed by atoms with E-state index in [1.165, 1.54) is 18.2 Å². The summed E-state index contributed by atoms with van der Waals surface area (Å²) in [4.78, 5) is 35.3. The molecule has 0 bridgehead atoms. The molecule has 7 nitrogen and oxygen atoms in total. The van der Waals surface area contributed by atoms with E-state index in [0.29, 0.717) is 19.4 Å². The summed E-state index contributed by atoms with van der Waals surface area (Å²) in [5, 5.41) is 16.3. The van der Waals surface area contributed by atoms with Crippen molar-refractivity contribution in [2.24, 2.45) is 11.8 Å². The van der Waals surface area contributed by atoms with Crippen LogP contribution in [0.3, 0.4) is 0 Å². The van der Waals surface area contributed by atoms with Gasteiger partial charge in [0, 0.05) is 12.6 Å². The fourth-order valence-electron chi connectivity index (χ4n) is 2.66. The molecule has 7 heteroatoms. The minimum Gasteiger partial charge on any atom is -0.352 e. The molecule has 126 valence electrons. The van der Waals surface area contributed by atoms with Gasteiger partial charge < -0.3 is 10.6 Å². The van der Waals surface area contributed by atoms with Gasteiger partial charge in [-0.2, -0.15) is 0 Å². The highest BCUT2D eigenvalue weighted by Gasteiger charge is 2.34. The third-order valence-corrected chi connectivity index (χ3v) is 3.89. The summed E-state index contributed by atoms with van der Waals surface area (Å²) in [6, 6.07) is 5.94. The van der Waals surface area contributed by atoms with E-state index in [1.807, 2.05) is 12.2 Å². The second kappa shape index (κ2) is 8.05. The molecule has 0 radical (unpaired) electrons. The number of nitro groups is 1. The maximum atomic E-state index is 12.6. The minimum absolute atomic E-state index is 0.132. The summed E-state index contributed by atoms with van der Waals surface area (Å²) >= 11 is 0. The molecule has 24 heavy (non-hydrogen) atoms. The van der Waals surface area contributed by atoms with Crippen molar-refractivity contribution in [1.29, 1.82) is 0 Å². The molecule has 2 amide bonds. The number of nitrogens with zero attached hydrogens (tertiary/aromatic N) is 1. The third-order valence-electron chi connectivity index (χ3n) is 3.89. The zero-order chi connectivity index (χ0) is 17.5. The molecule has 0 saturated carbocycles. The lowest BCUT2D eigenvalue weighted by Crippen LogP contribution is -2.40. The number of rotatable bonds is 6. The first-order valence-electron chi connectivity index (χ1n) is 7.62. The van der Waals surface area contributed by atoms with E-state index in [-0.39, 0.29) is 17.3 Å². The fraction of sp³-hybridized carbons (Fsp3) is 0.294. The molecule has 0 aromatic heterocycles. The van der Waals surface area contributed by atoms with Crippen LogP contribution < -0.4 is 10.6 Å². The Morgan fingerprint density at radius 1 is 1.21 bits per heavy atom. The van der Waals surface area contributed by atoms with E-state index in [2.05, 4.69) is 17.2 Å². The van der Waals surface area contributed by atoms with Crippen molar-refractivity contribution in [3.05, 3.63) is 59.2 Å². The first-order valence-corrected chi connectivity index (χ1v) is 7.62.